The van der Waals surface area contributed by atoms with Crippen molar-refractivity contribution >= 4 is 37.3 Å². The van der Waals surface area contributed by atoms with Gasteiger partial charge < -0.3 is 28.0 Å². The second kappa shape index (κ2) is 22.4. The number of anilines is 2. The van der Waals surface area contributed by atoms with Gasteiger partial charge in [0.15, 0.2) is 13.9 Å². The molecule has 16 nitrogen and oxygen atoms in total. The average molecular weight is 733 g/mol. The molecular weight excluding hydrogens is 681 g/mol. The van der Waals surface area contributed by atoms with Crippen molar-refractivity contribution in [2.45, 2.75) is 121 Å². The smallest absolute Gasteiger partial charge is 0.334 e. The van der Waals surface area contributed by atoms with Gasteiger partial charge >= 0.3 is 5.72 Å². The summed E-state index contributed by atoms with van der Waals surface area (Å²) in [5.74, 6) is -0.412. The SMILES string of the molecule is C[Si](C)(C)C#N.N#CC1=CCCC1.N#C[C@H]1CCC[C@@H]1n1cc(C(N)=O)c(N)n1.NC(=O)c1cn[nH]c1N.O=C1CCCC1.[C-]#[N+]C1(O)CCCC1. The van der Waals surface area contributed by atoms with Gasteiger partial charge in [-0.1, -0.05) is 25.7 Å². The molecule has 4 aliphatic carbocycles. The summed E-state index contributed by atoms with van der Waals surface area (Å²) in [4.78, 5) is 34.8. The number of hydrogen-bond acceptors (Lipinski definition) is 11. The number of ketones is 1. The van der Waals surface area contributed by atoms with Gasteiger partial charge in [0.25, 0.3) is 11.8 Å². The van der Waals surface area contributed by atoms with Crippen molar-refractivity contribution in [1.29, 1.82) is 15.8 Å². The molecule has 280 valence electrons. The van der Waals surface area contributed by atoms with Gasteiger partial charge in [-0.15, -0.1) is 0 Å². The van der Waals surface area contributed by atoms with Crippen molar-refractivity contribution < 1.29 is 19.5 Å². The van der Waals surface area contributed by atoms with E-state index in [1.54, 1.807) is 4.68 Å². The van der Waals surface area contributed by atoms with E-state index in [1.165, 1.54) is 18.8 Å². The predicted octanol–water partition coefficient (Wildman–Crippen LogP) is 4.83. The number of nitrogens with one attached hydrogen (secondary N) is 1. The summed E-state index contributed by atoms with van der Waals surface area (Å²) in [7, 11) is -1.33. The first-order valence-corrected chi connectivity index (χ1v) is 20.8. The lowest BCUT2D eigenvalue weighted by Gasteiger charge is -2.13. The molecule has 2 heterocycles. The highest BCUT2D eigenvalue weighted by Gasteiger charge is 2.36. The van der Waals surface area contributed by atoms with Crippen molar-refractivity contribution in [3.05, 3.63) is 46.6 Å². The molecule has 52 heavy (non-hydrogen) atoms. The number of rotatable bonds is 3. The number of nitriles is 3. The van der Waals surface area contributed by atoms with Gasteiger partial charge in [0.05, 0.1) is 43.1 Å². The third-order valence-corrected chi connectivity index (χ3v) is 8.91. The molecular formula is C35H52N12O4Si. The Balaban J connectivity index is 0.000000327. The fourth-order valence-electron chi connectivity index (χ4n) is 5.26. The van der Waals surface area contributed by atoms with E-state index in [-0.39, 0.29) is 34.7 Å². The first-order chi connectivity index (χ1) is 24.5. The highest BCUT2D eigenvalue weighted by atomic mass is 28.3. The number of nitrogens with two attached hydrogens (primary N) is 4. The van der Waals surface area contributed by atoms with Gasteiger partial charge in [-0.25, -0.2) is 11.8 Å². The van der Waals surface area contributed by atoms with Crippen LogP contribution >= 0.6 is 0 Å². The maximum absolute atomic E-state index is 11.0. The number of aliphatic hydroxyl groups is 1. The third kappa shape index (κ3) is 16.5. The number of hydrogen-bond donors (Lipinski definition) is 6. The second-order valence-electron chi connectivity index (χ2n) is 13.7. The van der Waals surface area contributed by atoms with Gasteiger partial charge in [-0.05, 0) is 64.2 Å². The van der Waals surface area contributed by atoms with Crippen LogP contribution in [0.2, 0.25) is 19.6 Å². The van der Waals surface area contributed by atoms with Crippen LogP contribution in [0.5, 0.6) is 0 Å². The molecule has 2 atom stereocenters. The van der Waals surface area contributed by atoms with Gasteiger partial charge in [-0.2, -0.15) is 20.7 Å². The fourth-order valence-corrected chi connectivity index (χ4v) is 5.26. The summed E-state index contributed by atoms with van der Waals surface area (Å²) >= 11 is 0. The van der Waals surface area contributed by atoms with Crippen LogP contribution in [0.25, 0.3) is 4.85 Å². The summed E-state index contributed by atoms with van der Waals surface area (Å²) in [6, 6.07) is 4.39. The summed E-state index contributed by atoms with van der Waals surface area (Å²) in [6.07, 6.45) is 18.2. The van der Waals surface area contributed by atoms with Gasteiger partial charge in [0, 0.05) is 30.3 Å². The van der Waals surface area contributed by atoms with Crippen molar-refractivity contribution in [2.24, 2.45) is 17.4 Å². The molecule has 6 rings (SSSR count). The molecule has 0 spiro atoms. The van der Waals surface area contributed by atoms with E-state index in [4.69, 9.17) is 50.4 Å². The highest BCUT2D eigenvalue weighted by Crippen LogP contribution is 2.35. The molecule has 0 radical (unpaired) electrons. The summed E-state index contributed by atoms with van der Waals surface area (Å²) < 4.78 is 1.61. The van der Waals surface area contributed by atoms with Gasteiger partial charge in [0.2, 0.25) is 0 Å². The number of H-pyrrole nitrogens is 1. The summed E-state index contributed by atoms with van der Waals surface area (Å²) in [6.45, 7) is 12.6. The van der Waals surface area contributed by atoms with E-state index >= 15 is 0 Å². The molecule has 17 heteroatoms. The van der Waals surface area contributed by atoms with E-state index in [9.17, 15) is 14.4 Å². The number of nitrogen functional groups attached to an aromatic ring is 2. The van der Waals surface area contributed by atoms with E-state index < -0.39 is 25.6 Å². The van der Waals surface area contributed by atoms with E-state index in [2.05, 4.69) is 38.0 Å². The van der Waals surface area contributed by atoms with E-state index in [1.807, 2.05) is 25.7 Å². The Hall–Kier alpha value is -5.49. The van der Waals surface area contributed by atoms with Crippen LogP contribution in [0, 0.1) is 46.1 Å². The lowest BCUT2D eigenvalue weighted by Crippen LogP contribution is -2.17. The molecule has 2 amide bonds. The zero-order valence-corrected chi connectivity index (χ0v) is 31.4. The van der Waals surface area contributed by atoms with Crippen LogP contribution < -0.4 is 22.9 Å². The molecule has 0 saturated heterocycles. The monoisotopic (exact) mass is 732 g/mol. The van der Waals surface area contributed by atoms with Crippen LogP contribution in [0.3, 0.4) is 0 Å². The summed E-state index contributed by atoms with van der Waals surface area (Å²) in [5, 5.41) is 44.5. The minimum atomic E-state index is -1.33. The molecule has 4 aliphatic rings. The lowest BCUT2D eigenvalue weighted by molar-refractivity contribution is -0.117. The van der Waals surface area contributed by atoms with Crippen LogP contribution in [-0.4, -0.2) is 56.5 Å². The summed E-state index contributed by atoms with van der Waals surface area (Å²) in [5.41, 5.74) is 23.5. The Labute approximate surface area is 306 Å². The zero-order chi connectivity index (χ0) is 39.3. The maximum atomic E-state index is 11.0. The number of carbonyl (C=O) groups is 3. The number of Topliss-reactive ketones (excluding diaryl/α,β-unsaturated/α-hetero) is 1. The first kappa shape index (κ1) is 44.5. The molecule has 10 N–H and O–H groups in total. The average Bonchev–Trinajstić information content (AvgIpc) is 3.95. The van der Waals surface area contributed by atoms with Crippen LogP contribution in [-0.2, 0) is 4.79 Å². The molecule has 3 fully saturated rings. The van der Waals surface area contributed by atoms with E-state index in [0.29, 0.717) is 18.6 Å². The normalized spacial score (nSPS) is 19.2. The predicted molar refractivity (Wildman–Crippen MR) is 199 cm³/mol. The van der Waals surface area contributed by atoms with Gasteiger partial charge in [-0.3, -0.25) is 29.0 Å². The lowest BCUT2D eigenvalue weighted by atomic mass is 10.1. The number of aromatic amines is 1. The minimum absolute atomic E-state index is 0.0143. The molecule has 0 unspecified atom stereocenters. The largest absolute Gasteiger partial charge is 0.383 e. The van der Waals surface area contributed by atoms with Crippen LogP contribution in [0.15, 0.2) is 24.0 Å². The molecule has 2 aromatic rings. The second-order valence-corrected chi connectivity index (χ2v) is 18.4. The Bertz CT molecular complexity index is 1670. The molecule has 2 aromatic heterocycles. The molecule has 0 aromatic carbocycles. The Morgan fingerprint density at radius 2 is 1.60 bits per heavy atom. The third-order valence-electron chi connectivity index (χ3n) is 8.24. The van der Waals surface area contributed by atoms with Gasteiger partial charge in [0.1, 0.15) is 22.7 Å². The van der Waals surface area contributed by atoms with Crippen molar-refractivity contribution in [2.75, 3.05) is 11.5 Å². The number of aromatic nitrogens is 4. The molecule has 3 saturated carbocycles. The number of amides is 2. The standard InChI is InChI=1S/C10H13N5O.C6H9NO.C6H7N.C5H8O.C4H6N4O.C4H9NSi/c11-4-6-2-1-3-8(6)15-5-7(10(13)16)9(12)14-15;1-7-6(8)4-2-3-5-6;7-5-6-3-1-2-4-6;6-5-3-1-2-4-5;5-3-2(4(6)9)1-7-8-3;1-6(2,3)4-5/h5-6,8H,1-3H2,(H2,12,14)(H2,13,16);8H,2-5H2;3H,1-2,4H2;1-4H2;1H,(H2,6,9)(H3,5,7,8);1-3H3/t6-,8+;;;;;/m1...../s1. The zero-order valence-electron chi connectivity index (χ0n) is 30.4. The van der Waals surface area contributed by atoms with Crippen molar-refractivity contribution in [3.63, 3.8) is 0 Å². The Morgan fingerprint density at radius 3 is 1.90 bits per heavy atom. The topological polar surface area (TPSA) is 298 Å². The number of nitrogens with zero attached hydrogens (tertiary/aromatic N) is 7. The Morgan fingerprint density at radius 1 is 1.00 bits per heavy atom. The fraction of sp³-hybridized carbons (Fsp3) is 0.571. The molecule has 0 bridgehead atoms. The minimum Gasteiger partial charge on any atom is -0.383 e. The quantitative estimate of drug-likeness (QED) is 0.183. The number of primary amides is 2. The number of allylic oxidation sites excluding steroid dienone is 2. The Kier molecular flexibility index (Phi) is 19.1. The highest BCUT2D eigenvalue weighted by molar-refractivity contribution is 6.83. The molecule has 0 aliphatic heterocycles. The van der Waals surface area contributed by atoms with Crippen LogP contribution in [0.4, 0.5) is 11.6 Å². The van der Waals surface area contributed by atoms with Crippen LogP contribution in [0.1, 0.15) is 117 Å². The van der Waals surface area contributed by atoms with Crippen molar-refractivity contribution in [1.82, 2.24) is 20.0 Å². The number of carbonyl (C=O) groups excluding carboxylic acids is 3. The maximum Gasteiger partial charge on any atom is 0.334 e. The van der Waals surface area contributed by atoms with E-state index in [0.717, 1.165) is 76.2 Å². The first-order valence-electron chi connectivity index (χ1n) is 17.3. The van der Waals surface area contributed by atoms with Crippen molar-refractivity contribution in [3.8, 4) is 17.8 Å².